The van der Waals surface area contributed by atoms with Crippen molar-refractivity contribution >= 4 is 5.97 Å². The van der Waals surface area contributed by atoms with Crippen molar-refractivity contribution in [3.63, 3.8) is 0 Å². The summed E-state index contributed by atoms with van der Waals surface area (Å²) in [7, 11) is 0. The molecular formula is C4H7FO2. The molecular weight excluding hydrogens is 99.0 g/mol. The third-order valence-electron chi connectivity index (χ3n) is 0.788. The Bertz CT molecular complexity index is 64.1. The van der Waals surface area contributed by atoms with E-state index in [0.717, 1.165) is 6.42 Å². The molecule has 0 unspecified atom stereocenters. The van der Waals surface area contributed by atoms with E-state index in [-0.39, 0.29) is 10.7 Å². The van der Waals surface area contributed by atoms with Gasteiger partial charge in [-0.2, -0.15) is 0 Å². The van der Waals surface area contributed by atoms with Gasteiger partial charge in [-0.1, -0.05) is 0 Å². The van der Waals surface area contributed by atoms with Crippen LogP contribution in [0.25, 0.3) is 0 Å². The molecule has 42 valence electrons. The monoisotopic (exact) mass is 106 g/mol. The van der Waals surface area contributed by atoms with Gasteiger partial charge in [-0.05, 0) is 6.42 Å². The van der Waals surface area contributed by atoms with Crippen LogP contribution >= 0.6 is 0 Å². The standard InChI is InChI=1S/C4H6O2.FH/c5-4-2-1-3-6-4;/h1-3H2;1H. The first-order valence-electron chi connectivity index (χ1n) is 2.05. The Morgan fingerprint density at radius 3 is 2.43 bits per heavy atom. The summed E-state index contributed by atoms with van der Waals surface area (Å²) < 4.78 is 4.51. The fraction of sp³-hybridized carbons (Fsp3) is 0.750. The van der Waals surface area contributed by atoms with Gasteiger partial charge in [-0.3, -0.25) is 9.50 Å². The number of hydrogen-bond acceptors (Lipinski definition) is 2. The van der Waals surface area contributed by atoms with Gasteiger partial charge in [0.1, 0.15) is 0 Å². The van der Waals surface area contributed by atoms with Crippen LogP contribution in [0.3, 0.4) is 0 Å². The van der Waals surface area contributed by atoms with E-state index in [1.807, 2.05) is 0 Å². The Hall–Kier alpha value is -0.600. The van der Waals surface area contributed by atoms with Crippen LogP contribution in [0.15, 0.2) is 0 Å². The number of esters is 1. The maximum Gasteiger partial charge on any atom is 0.305 e. The van der Waals surface area contributed by atoms with E-state index >= 15 is 0 Å². The van der Waals surface area contributed by atoms with Crippen molar-refractivity contribution in [2.45, 2.75) is 12.8 Å². The summed E-state index contributed by atoms with van der Waals surface area (Å²) in [6.07, 6.45) is 1.54. The first-order valence-corrected chi connectivity index (χ1v) is 2.05. The number of rotatable bonds is 0. The van der Waals surface area contributed by atoms with Crippen LogP contribution in [0.5, 0.6) is 0 Å². The normalized spacial score (nSPS) is 18.0. The van der Waals surface area contributed by atoms with Crippen LogP contribution in [0.4, 0.5) is 4.70 Å². The van der Waals surface area contributed by atoms with E-state index in [9.17, 15) is 4.79 Å². The lowest BCUT2D eigenvalue weighted by atomic mass is 10.4. The molecule has 1 aliphatic rings. The highest BCUT2D eigenvalue weighted by Gasteiger charge is 2.08. The van der Waals surface area contributed by atoms with Crippen LogP contribution in [-0.2, 0) is 9.53 Å². The number of cyclic esters (lactones) is 1. The van der Waals surface area contributed by atoms with Gasteiger partial charge in [0.2, 0.25) is 0 Å². The average molecular weight is 106 g/mol. The maximum atomic E-state index is 10.0. The molecule has 2 nitrogen and oxygen atoms in total. The average Bonchev–Trinajstić information content (AvgIpc) is 1.86. The number of halogens is 1. The lowest BCUT2D eigenvalue weighted by Crippen LogP contribution is -1.88. The molecule has 1 aliphatic heterocycles. The summed E-state index contributed by atoms with van der Waals surface area (Å²) in [6, 6.07) is 0. The molecule has 0 N–H and O–H groups in total. The van der Waals surface area contributed by atoms with Crippen molar-refractivity contribution in [1.82, 2.24) is 0 Å². The summed E-state index contributed by atoms with van der Waals surface area (Å²) in [6.45, 7) is 0.638. The molecule has 0 radical (unpaired) electrons. The second-order valence-corrected chi connectivity index (χ2v) is 1.32. The summed E-state index contributed by atoms with van der Waals surface area (Å²) in [5.74, 6) is -0.0463. The number of ether oxygens (including phenoxy) is 1. The Labute approximate surface area is 40.8 Å². The minimum atomic E-state index is -0.0463. The van der Waals surface area contributed by atoms with Crippen LogP contribution in [0.1, 0.15) is 12.8 Å². The molecule has 0 aromatic carbocycles. The SMILES string of the molecule is F.O=C1CCCO1. The zero-order chi connectivity index (χ0) is 4.41. The number of carbonyl (C=O) groups excluding carboxylic acids is 1. The molecule has 0 aromatic heterocycles. The van der Waals surface area contributed by atoms with Gasteiger partial charge in [0, 0.05) is 6.42 Å². The summed E-state index contributed by atoms with van der Waals surface area (Å²) in [5, 5.41) is 0. The van der Waals surface area contributed by atoms with Crippen molar-refractivity contribution in [3.05, 3.63) is 0 Å². The van der Waals surface area contributed by atoms with Crippen LogP contribution in [0.2, 0.25) is 0 Å². The quantitative estimate of drug-likeness (QED) is 0.420. The zero-order valence-corrected chi connectivity index (χ0v) is 3.85. The van der Waals surface area contributed by atoms with Crippen molar-refractivity contribution < 1.29 is 14.2 Å². The number of hydrogen-bond donors (Lipinski definition) is 0. The highest BCUT2D eigenvalue weighted by atomic mass is 19.0. The molecule has 0 bridgehead atoms. The molecule has 0 spiro atoms. The first kappa shape index (κ1) is 6.40. The molecule has 0 amide bonds. The topological polar surface area (TPSA) is 26.3 Å². The van der Waals surface area contributed by atoms with E-state index in [4.69, 9.17) is 0 Å². The Morgan fingerprint density at radius 2 is 2.29 bits per heavy atom. The Balaban J connectivity index is 0.000000360. The molecule has 1 heterocycles. The van der Waals surface area contributed by atoms with Gasteiger partial charge in [0.05, 0.1) is 6.61 Å². The molecule has 1 fully saturated rings. The van der Waals surface area contributed by atoms with E-state index < -0.39 is 0 Å². The lowest BCUT2D eigenvalue weighted by molar-refractivity contribution is -0.137. The maximum absolute atomic E-state index is 10.0. The fourth-order valence-corrected chi connectivity index (χ4v) is 0.475. The predicted octanol–water partition coefficient (Wildman–Crippen LogP) is 0.476. The molecule has 0 atom stereocenters. The molecule has 1 saturated heterocycles. The second-order valence-electron chi connectivity index (χ2n) is 1.32. The minimum absolute atomic E-state index is 0. The first-order chi connectivity index (χ1) is 2.89. The third-order valence-corrected chi connectivity index (χ3v) is 0.788. The zero-order valence-electron chi connectivity index (χ0n) is 3.85. The fourth-order valence-electron chi connectivity index (χ4n) is 0.475. The summed E-state index contributed by atoms with van der Waals surface area (Å²) >= 11 is 0. The molecule has 3 heteroatoms. The van der Waals surface area contributed by atoms with Crippen molar-refractivity contribution in [2.75, 3.05) is 6.61 Å². The van der Waals surface area contributed by atoms with Gasteiger partial charge in [0.25, 0.3) is 0 Å². The predicted molar refractivity (Wildman–Crippen MR) is 22.7 cm³/mol. The second kappa shape index (κ2) is 2.55. The van der Waals surface area contributed by atoms with Gasteiger partial charge < -0.3 is 4.74 Å². The van der Waals surface area contributed by atoms with Gasteiger partial charge in [-0.15, -0.1) is 0 Å². The highest BCUT2D eigenvalue weighted by molar-refractivity contribution is 5.70. The Morgan fingerprint density at radius 1 is 1.57 bits per heavy atom. The van der Waals surface area contributed by atoms with Gasteiger partial charge >= 0.3 is 5.97 Å². The molecule has 0 aliphatic carbocycles. The van der Waals surface area contributed by atoms with E-state index in [2.05, 4.69) is 4.74 Å². The van der Waals surface area contributed by atoms with Gasteiger partial charge in [0.15, 0.2) is 0 Å². The van der Waals surface area contributed by atoms with E-state index in [1.54, 1.807) is 0 Å². The van der Waals surface area contributed by atoms with Crippen LogP contribution < -0.4 is 0 Å². The van der Waals surface area contributed by atoms with Crippen molar-refractivity contribution in [2.24, 2.45) is 0 Å². The van der Waals surface area contributed by atoms with E-state index in [0.29, 0.717) is 13.0 Å². The van der Waals surface area contributed by atoms with Crippen molar-refractivity contribution in [3.8, 4) is 0 Å². The number of carbonyl (C=O) groups is 1. The van der Waals surface area contributed by atoms with E-state index in [1.165, 1.54) is 0 Å². The Kier molecular flexibility index (Phi) is 2.33. The summed E-state index contributed by atoms with van der Waals surface area (Å²) in [4.78, 5) is 10.0. The van der Waals surface area contributed by atoms with Gasteiger partial charge in [-0.25, -0.2) is 0 Å². The summed E-state index contributed by atoms with van der Waals surface area (Å²) in [5.41, 5.74) is 0. The lowest BCUT2D eigenvalue weighted by Gasteiger charge is -1.81. The highest BCUT2D eigenvalue weighted by Crippen LogP contribution is 2.01. The smallest absolute Gasteiger partial charge is 0.305 e. The van der Waals surface area contributed by atoms with Crippen LogP contribution in [-0.4, -0.2) is 12.6 Å². The van der Waals surface area contributed by atoms with Crippen LogP contribution in [0, 0.1) is 0 Å². The third kappa shape index (κ3) is 1.52. The largest absolute Gasteiger partial charge is 0.466 e. The molecule has 1 rings (SSSR count). The minimum Gasteiger partial charge on any atom is -0.466 e. The molecule has 7 heavy (non-hydrogen) atoms. The molecule has 0 aromatic rings. The molecule has 0 saturated carbocycles. The van der Waals surface area contributed by atoms with Crippen molar-refractivity contribution in [1.29, 1.82) is 0 Å².